The molecule has 0 atom stereocenters. The van der Waals surface area contributed by atoms with Gasteiger partial charge in [0.25, 0.3) is 5.91 Å². The van der Waals surface area contributed by atoms with Crippen molar-refractivity contribution in [3.05, 3.63) is 58.7 Å². The fourth-order valence-corrected chi connectivity index (χ4v) is 4.22. The van der Waals surface area contributed by atoms with Gasteiger partial charge >= 0.3 is 6.18 Å². The Morgan fingerprint density at radius 2 is 1.97 bits per heavy atom. The van der Waals surface area contributed by atoms with Crippen molar-refractivity contribution in [3.63, 3.8) is 0 Å². The Labute approximate surface area is 181 Å². The highest BCUT2D eigenvalue weighted by atomic mass is 19.4. The van der Waals surface area contributed by atoms with Crippen LogP contribution in [-0.4, -0.2) is 44.0 Å². The van der Waals surface area contributed by atoms with Gasteiger partial charge < -0.3 is 4.90 Å². The smallest absolute Gasteiger partial charge is 0.350 e. The molecule has 3 aromatic heterocycles. The van der Waals surface area contributed by atoms with Crippen molar-refractivity contribution in [2.75, 3.05) is 22.9 Å². The van der Waals surface area contributed by atoms with E-state index in [-0.39, 0.29) is 18.1 Å². The lowest BCUT2D eigenvalue weighted by Crippen LogP contribution is -2.38. The van der Waals surface area contributed by atoms with E-state index < -0.39 is 11.7 Å². The summed E-state index contributed by atoms with van der Waals surface area (Å²) in [6, 6.07) is 4.62. The molecule has 0 N–H and O–H groups in total. The normalized spacial score (nSPS) is 16.0. The molecule has 0 fully saturated rings. The van der Waals surface area contributed by atoms with Crippen molar-refractivity contribution >= 4 is 17.5 Å². The van der Waals surface area contributed by atoms with Crippen molar-refractivity contribution < 1.29 is 18.0 Å². The van der Waals surface area contributed by atoms with E-state index in [4.69, 9.17) is 0 Å². The van der Waals surface area contributed by atoms with Crippen LogP contribution in [0.5, 0.6) is 0 Å². The Hall–Kier alpha value is -3.50. The molecule has 8 nitrogen and oxygen atoms in total. The van der Waals surface area contributed by atoms with Gasteiger partial charge in [0.15, 0.2) is 11.5 Å². The zero-order chi connectivity index (χ0) is 22.5. The topological polar surface area (TPSA) is 80.0 Å². The van der Waals surface area contributed by atoms with E-state index >= 15 is 0 Å². The van der Waals surface area contributed by atoms with Crippen LogP contribution in [0.2, 0.25) is 0 Å². The van der Waals surface area contributed by atoms with Gasteiger partial charge in [-0.3, -0.25) is 14.7 Å². The van der Waals surface area contributed by atoms with Crippen LogP contribution in [0.3, 0.4) is 0 Å². The van der Waals surface area contributed by atoms with Gasteiger partial charge in [0.1, 0.15) is 5.82 Å². The van der Waals surface area contributed by atoms with Gasteiger partial charge in [0.2, 0.25) is 0 Å². The first-order valence-electron chi connectivity index (χ1n) is 10.3. The number of hydrogen-bond donors (Lipinski definition) is 0. The van der Waals surface area contributed by atoms with Crippen LogP contribution in [0.25, 0.3) is 0 Å². The first-order chi connectivity index (χ1) is 15.3. The van der Waals surface area contributed by atoms with Crippen LogP contribution in [-0.2, 0) is 25.7 Å². The summed E-state index contributed by atoms with van der Waals surface area (Å²) in [5.74, 6) is 1.02. The first kappa shape index (κ1) is 20.4. The van der Waals surface area contributed by atoms with E-state index in [0.29, 0.717) is 36.6 Å². The molecule has 0 bridgehead atoms. The first-order valence-corrected chi connectivity index (χ1v) is 10.3. The summed E-state index contributed by atoms with van der Waals surface area (Å²) < 4.78 is 41.0. The molecule has 166 valence electrons. The van der Waals surface area contributed by atoms with Gasteiger partial charge in [-0.05, 0) is 36.6 Å². The number of fused-ring (bicyclic) bond motifs is 2. The molecule has 0 unspecified atom stereocenters. The lowest BCUT2D eigenvalue weighted by Gasteiger charge is -2.30. The van der Waals surface area contributed by atoms with Crippen LogP contribution in [0.1, 0.15) is 39.3 Å². The molecule has 0 saturated heterocycles. The van der Waals surface area contributed by atoms with Crippen molar-refractivity contribution in [1.29, 1.82) is 0 Å². The maximum Gasteiger partial charge on any atom is 0.417 e. The molecular formula is C21H20F3N7O. The molecular weight excluding hydrogens is 423 g/mol. The van der Waals surface area contributed by atoms with E-state index in [9.17, 15) is 18.0 Å². The Kier molecular flexibility index (Phi) is 4.83. The van der Waals surface area contributed by atoms with Crippen molar-refractivity contribution in [2.45, 2.75) is 39.0 Å². The molecule has 1 amide bonds. The molecule has 32 heavy (non-hydrogen) atoms. The van der Waals surface area contributed by atoms with Crippen LogP contribution >= 0.6 is 0 Å². The maximum atomic E-state index is 13.1. The Balaban J connectivity index is 1.38. The third-order valence-electron chi connectivity index (χ3n) is 5.81. The summed E-state index contributed by atoms with van der Waals surface area (Å²) in [4.78, 5) is 20.6. The van der Waals surface area contributed by atoms with Crippen LogP contribution < -0.4 is 9.80 Å². The highest BCUT2D eigenvalue weighted by Gasteiger charge is 2.33. The minimum atomic E-state index is -4.44. The van der Waals surface area contributed by atoms with Gasteiger partial charge in [0, 0.05) is 50.6 Å². The molecule has 5 rings (SSSR count). The number of rotatable bonds is 2. The monoisotopic (exact) mass is 443 g/mol. The standard InChI is InChI=1S/C21H20F3N7O/c1-13-9-17(20(32)30-6-2-7-31-18(30)3-5-26-31)27-28-19(13)29-8-4-16-14(12-29)10-15(11-25-16)21(22,23)24/h3,5,9-11H,2,4,6-8,12H2,1H3. The van der Waals surface area contributed by atoms with E-state index in [0.717, 1.165) is 36.6 Å². The van der Waals surface area contributed by atoms with Gasteiger partial charge in [-0.15, -0.1) is 10.2 Å². The van der Waals surface area contributed by atoms with E-state index in [1.807, 2.05) is 11.8 Å². The molecule has 5 heterocycles. The summed E-state index contributed by atoms with van der Waals surface area (Å²) in [7, 11) is 0. The van der Waals surface area contributed by atoms with E-state index in [1.54, 1.807) is 27.9 Å². The van der Waals surface area contributed by atoms with E-state index in [2.05, 4.69) is 20.3 Å². The lowest BCUT2D eigenvalue weighted by atomic mass is 10.0. The number of anilines is 2. The average molecular weight is 443 g/mol. The quantitative estimate of drug-likeness (QED) is 0.606. The second-order valence-corrected chi connectivity index (χ2v) is 7.96. The Morgan fingerprint density at radius 3 is 2.75 bits per heavy atom. The Morgan fingerprint density at radius 1 is 1.12 bits per heavy atom. The number of amides is 1. The molecule has 0 aliphatic carbocycles. The highest BCUT2D eigenvalue weighted by molar-refractivity contribution is 6.04. The van der Waals surface area contributed by atoms with Crippen molar-refractivity contribution in [3.8, 4) is 0 Å². The van der Waals surface area contributed by atoms with Crippen LogP contribution in [0.4, 0.5) is 24.8 Å². The van der Waals surface area contributed by atoms with Crippen molar-refractivity contribution in [2.24, 2.45) is 0 Å². The van der Waals surface area contributed by atoms with Crippen LogP contribution in [0, 0.1) is 6.92 Å². The van der Waals surface area contributed by atoms with E-state index in [1.165, 1.54) is 0 Å². The predicted octanol–water partition coefficient (Wildman–Crippen LogP) is 3.01. The zero-order valence-electron chi connectivity index (χ0n) is 17.3. The number of pyridine rings is 1. The molecule has 2 aliphatic heterocycles. The van der Waals surface area contributed by atoms with Crippen LogP contribution in [0.15, 0.2) is 30.6 Å². The number of hydrogen-bond acceptors (Lipinski definition) is 6. The summed E-state index contributed by atoms with van der Waals surface area (Å²) in [6.45, 7) is 3.96. The number of nitrogens with zero attached hydrogens (tertiary/aromatic N) is 7. The summed E-state index contributed by atoms with van der Waals surface area (Å²) in [5.41, 5.74) is 1.38. The lowest BCUT2D eigenvalue weighted by molar-refractivity contribution is -0.137. The average Bonchev–Trinajstić information content (AvgIpc) is 3.26. The number of alkyl halides is 3. The highest BCUT2D eigenvalue weighted by Crippen LogP contribution is 2.32. The van der Waals surface area contributed by atoms with Crippen molar-refractivity contribution in [1.82, 2.24) is 25.0 Å². The summed E-state index contributed by atoms with van der Waals surface area (Å²) in [5, 5.41) is 12.6. The molecule has 2 aliphatic rings. The summed E-state index contributed by atoms with van der Waals surface area (Å²) in [6.07, 6.45) is -0.592. The van der Waals surface area contributed by atoms with Gasteiger partial charge in [0.05, 0.1) is 11.8 Å². The third-order valence-corrected chi connectivity index (χ3v) is 5.81. The third kappa shape index (κ3) is 3.57. The summed E-state index contributed by atoms with van der Waals surface area (Å²) >= 11 is 0. The second-order valence-electron chi connectivity index (χ2n) is 7.96. The number of carbonyl (C=O) groups is 1. The number of aromatic nitrogens is 5. The van der Waals surface area contributed by atoms with Gasteiger partial charge in [-0.1, -0.05) is 0 Å². The minimum Gasteiger partial charge on any atom is -0.350 e. The Bertz CT molecular complexity index is 1190. The van der Waals surface area contributed by atoms with Gasteiger partial charge in [-0.25, -0.2) is 4.68 Å². The SMILES string of the molecule is Cc1cc(C(=O)N2CCCn3nccc32)nnc1N1CCc2ncc(C(F)(F)F)cc2C1. The molecule has 3 aromatic rings. The predicted molar refractivity (Wildman–Crippen MR) is 109 cm³/mol. The fourth-order valence-electron chi connectivity index (χ4n) is 4.22. The molecule has 0 aromatic carbocycles. The number of halogens is 3. The number of aryl methyl sites for hydroxylation is 2. The maximum absolute atomic E-state index is 13.1. The molecule has 11 heteroatoms. The molecule has 0 saturated carbocycles. The molecule has 0 radical (unpaired) electrons. The zero-order valence-corrected chi connectivity index (χ0v) is 17.3. The number of carbonyl (C=O) groups excluding carboxylic acids is 1. The fraction of sp³-hybridized carbons (Fsp3) is 0.381. The van der Waals surface area contributed by atoms with Gasteiger partial charge in [-0.2, -0.15) is 18.3 Å². The minimum absolute atomic E-state index is 0.222. The molecule has 0 spiro atoms. The second kappa shape index (κ2) is 7.57. The largest absolute Gasteiger partial charge is 0.417 e.